The van der Waals surface area contributed by atoms with Crippen molar-refractivity contribution < 1.29 is 9.53 Å². The minimum Gasteiger partial charge on any atom is -0.465 e. The van der Waals surface area contributed by atoms with Crippen LogP contribution < -0.4 is 5.73 Å². The van der Waals surface area contributed by atoms with Gasteiger partial charge in [0, 0.05) is 12.5 Å². The predicted octanol–water partition coefficient (Wildman–Crippen LogP) is 0.792. The maximum atomic E-state index is 11.4. The van der Waals surface area contributed by atoms with Crippen LogP contribution >= 0.6 is 12.2 Å². The van der Waals surface area contributed by atoms with Crippen LogP contribution in [0.4, 0.5) is 0 Å². The first-order valence-corrected chi connectivity index (χ1v) is 5.47. The first-order valence-electron chi connectivity index (χ1n) is 5.06. The number of nitrogens with two attached hydrogens (primary N) is 1. The van der Waals surface area contributed by atoms with Crippen molar-refractivity contribution in [3.05, 3.63) is 0 Å². The zero-order valence-corrected chi connectivity index (χ0v) is 10.6. The fourth-order valence-electron chi connectivity index (χ4n) is 1.12. The van der Waals surface area contributed by atoms with Gasteiger partial charge in [-0.25, -0.2) is 0 Å². The standard InChI is InChI=1S/C10H20N2O2S/c1-5-14-10(13)8(3)12(4)6-7(2)9(11)15/h7-8H,5-6H2,1-4H3,(H2,11,15). The fourth-order valence-corrected chi connectivity index (χ4v) is 1.20. The van der Waals surface area contributed by atoms with Crippen molar-refractivity contribution in [2.45, 2.75) is 26.8 Å². The minimum absolute atomic E-state index is 0.0990. The maximum absolute atomic E-state index is 11.4. The normalized spacial score (nSPS) is 14.7. The van der Waals surface area contributed by atoms with Crippen LogP contribution in [-0.2, 0) is 9.53 Å². The Morgan fingerprint density at radius 1 is 1.53 bits per heavy atom. The molecule has 2 N–H and O–H groups in total. The van der Waals surface area contributed by atoms with E-state index in [9.17, 15) is 4.79 Å². The number of thiocarbonyl (C=S) groups is 1. The maximum Gasteiger partial charge on any atom is 0.323 e. The third kappa shape index (κ3) is 5.09. The van der Waals surface area contributed by atoms with Crippen LogP contribution in [0.15, 0.2) is 0 Å². The molecule has 0 aliphatic heterocycles. The molecule has 0 fully saturated rings. The molecule has 0 spiro atoms. The van der Waals surface area contributed by atoms with Gasteiger partial charge in [-0.05, 0) is 20.9 Å². The second-order valence-corrected chi connectivity index (χ2v) is 4.14. The molecule has 2 atom stereocenters. The number of nitrogens with zero attached hydrogens (tertiary/aromatic N) is 1. The van der Waals surface area contributed by atoms with E-state index in [2.05, 4.69) is 0 Å². The van der Waals surface area contributed by atoms with Crippen LogP contribution in [0.3, 0.4) is 0 Å². The summed E-state index contributed by atoms with van der Waals surface area (Å²) in [6.07, 6.45) is 0. The Hall–Kier alpha value is -0.680. The summed E-state index contributed by atoms with van der Waals surface area (Å²) in [5, 5.41) is 0. The molecule has 4 nitrogen and oxygen atoms in total. The van der Waals surface area contributed by atoms with E-state index in [1.54, 1.807) is 6.92 Å². The lowest BCUT2D eigenvalue weighted by molar-refractivity contribution is -0.148. The molecule has 0 bridgehead atoms. The molecule has 5 heteroatoms. The summed E-state index contributed by atoms with van der Waals surface area (Å²) in [5.74, 6) is -0.114. The quantitative estimate of drug-likeness (QED) is 0.542. The largest absolute Gasteiger partial charge is 0.465 e. The Kier molecular flexibility index (Phi) is 6.43. The molecule has 0 rings (SSSR count). The number of rotatable bonds is 6. The third-order valence-corrected chi connectivity index (χ3v) is 2.74. The van der Waals surface area contributed by atoms with Gasteiger partial charge < -0.3 is 10.5 Å². The number of ether oxygens (including phenoxy) is 1. The number of carbonyl (C=O) groups is 1. The molecule has 0 aliphatic rings. The highest BCUT2D eigenvalue weighted by Crippen LogP contribution is 2.04. The molecule has 0 amide bonds. The molecule has 0 radical (unpaired) electrons. The van der Waals surface area contributed by atoms with Gasteiger partial charge in [0.05, 0.1) is 11.6 Å². The molecule has 0 aliphatic carbocycles. The molecule has 2 unspecified atom stereocenters. The highest BCUT2D eigenvalue weighted by atomic mass is 32.1. The van der Waals surface area contributed by atoms with Crippen LogP contribution in [0, 0.1) is 5.92 Å². The summed E-state index contributed by atoms with van der Waals surface area (Å²) >= 11 is 4.88. The number of likely N-dealkylation sites (N-methyl/N-ethyl adjacent to an activating group) is 1. The van der Waals surface area contributed by atoms with Crippen molar-refractivity contribution in [3.63, 3.8) is 0 Å². The van der Waals surface area contributed by atoms with Crippen LogP contribution in [0.25, 0.3) is 0 Å². The lowest BCUT2D eigenvalue weighted by atomic mass is 10.1. The highest BCUT2D eigenvalue weighted by molar-refractivity contribution is 7.80. The minimum atomic E-state index is -0.262. The average Bonchev–Trinajstić information content (AvgIpc) is 2.16. The third-order valence-electron chi connectivity index (χ3n) is 2.34. The van der Waals surface area contributed by atoms with Gasteiger partial charge in [-0.1, -0.05) is 19.1 Å². The smallest absolute Gasteiger partial charge is 0.323 e. The molecular weight excluding hydrogens is 212 g/mol. The zero-order chi connectivity index (χ0) is 12.0. The van der Waals surface area contributed by atoms with E-state index in [1.165, 1.54) is 0 Å². The van der Waals surface area contributed by atoms with E-state index in [-0.39, 0.29) is 17.9 Å². The van der Waals surface area contributed by atoms with Crippen molar-refractivity contribution in [3.8, 4) is 0 Å². The molecule has 0 aromatic rings. The zero-order valence-electron chi connectivity index (χ0n) is 9.82. The summed E-state index contributed by atoms with van der Waals surface area (Å²) < 4.78 is 4.92. The van der Waals surface area contributed by atoms with Gasteiger partial charge in [0.2, 0.25) is 0 Å². The molecule has 0 aromatic carbocycles. The van der Waals surface area contributed by atoms with Crippen molar-refractivity contribution in [2.24, 2.45) is 11.7 Å². The van der Waals surface area contributed by atoms with Gasteiger partial charge in [-0.2, -0.15) is 0 Å². The summed E-state index contributed by atoms with van der Waals surface area (Å²) in [6, 6.07) is -0.262. The molecule has 0 aromatic heterocycles. The first kappa shape index (κ1) is 14.3. The van der Waals surface area contributed by atoms with Crippen LogP contribution in [0.1, 0.15) is 20.8 Å². The van der Waals surface area contributed by atoms with Gasteiger partial charge >= 0.3 is 5.97 Å². The SMILES string of the molecule is CCOC(=O)C(C)N(C)CC(C)C(N)=S. The summed E-state index contributed by atoms with van der Waals surface area (Å²) in [7, 11) is 1.86. The lowest BCUT2D eigenvalue weighted by Gasteiger charge is -2.25. The Balaban J connectivity index is 4.14. The van der Waals surface area contributed by atoms with E-state index in [4.69, 9.17) is 22.7 Å². The topological polar surface area (TPSA) is 55.6 Å². The Bertz CT molecular complexity index is 233. The molecule has 15 heavy (non-hydrogen) atoms. The van der Waals surface area contributed by atoms with Crippen LogP contribution in [0.2, 0.25) is 0 Å². The van der Waals surface area contributed by atoms with Gasteiger partial charge in [-0.15, -0.1) is 0 Å². The molecule has 88 valence electrons. The molecular formula is C10H20N2O2S. The van der Waals surface area contributed by atoms with Gasteiger partial charge in [0.15, 0.2) is 0 Å². The summed E-state index contributed by atoms with van der Waals surface area (Å²) in [6.45, 7) is 6.61. The number of esters is 1. The van der Waals surface area contributed by atoms with Crippen molar-refractivity contribution >= 4 is 23.2 Å². The van der Waals surface area contributed by atoms with E-state index < -0.39 is 0 Å². The Labute approximate surface area is 96.8 Å². The highest BCUT2D eigenvalue weighted by Gasteiger charge is 2.21. The van der Waals surface area contributed by atoms with Crippen LogP contribution in [0.5, 0.6) is 0 Å². The van der Waals surface area contributed by atoms with E-state index in [1.807, 2.05) is 25.8 Å². The Morgan fingerprint density at radius 3 is 2.47 bits per heavy atom. The molecule has 0 heterocycles. The molecule has 0 saturated carbocycles. The second kappa shape index (κ2) is 6.74. The first-order chi connectivity index (χ1) is 6.90. The fraction of sp³-hybridized carbons (Fsp3) is 0.800. The number of carbonyl (C=O) groups excluding carboxylic acids is 1. The average molecular weight is 232 g/mol. The van der Waals surface area contributed by atoms with E-state index in [0.717, 1.165) is 0 Å². The lowest BCUT2D eigenvalue weighted by Crippen LogP contribution is -2.41. The summed E-state index contributed by atoms with van der Waals surface area (Å²) in [4.78, 5) is 13.8. The number of hydrogen-bond donors (Lipinski definition) is 1. The monoisotopic (exact) mass is 232 g/mol. The van der Waals surface area contributed by atoms with Crippen molar-refractivity contribution in [2.75, 3.05) is 20.2 Å². The Morgan fingerprint density at radius 2 is 2.07 bits per heavy atom. The van der Waals surface area contributed by atoms with E-state index in [0.29, 0.717) is 18.1 Å². The van der Waals surface area contributed by atoms with Gasteiger partial charge in [0.25, 0.3) is 0 Å². The van der Waals surface area contributed by atoms with Gasteiger partial charge in [0.1, 0.15) is 6.04 Å². The predicted molar refractivity (Wildman–Crippen MR) is 64.7 cm³/mol. The van der Waals surface area contributed by atoms with Crippen LogP contribution in [-0.4, -0.2) is 42.1 Å². The van der Waals surface area contributed by atoms with Crippen molar-refractivity contribution in [1.82, 2.24) is 4.90 Å². The van der Waals surface area contributed by atoms with Crippen molar-refractivity contribution in [1.29, 1.82) is 0 Å². The second-order valence-electron chi connectivity index (χ2n) is 3.67. The summed E-state index contributed by atoms with van der Waals surface area (Å²) in [5.41, 5.74) is 5.51. The molecule has 0 saturated heterocycles. The van der Waals surface area contributed by atoms with Gasteiger partial charge in [-0.3, -0.25) is 9.69 Å². The van der Waals surface area contributed by atoms with E-state index >= 15 is 0 Å². The number of hydrogen-bond acceptors (Lipinski definition) is 4.